The summed E-state index contributed by atoms with van der Waals surface area (Å²) in [7, 11) is 0. The van der Waals surface area contributed by atoms with Crippen LogP contribution in [0, 0.1) is 11.8 Å². The first kappa shape index (κ1) is 46.3. The molecule has 7 atom stereocenters. The Morgan fingerprint density at radius 2 is 1.26 bits per heavy atom. The van der Waals surface area contributed by atoms with E-state index in [0.29, 0.717) is 12.0 Å². The maximum absolute atomic E-state index is 13.8. The average Bonchev–Trinajstić information content (AvgIpc) is 3.09. The Balaban J connectivity index is 3.31. The molecule has 13 N–H and O–H groups in total. The quantitative estimate of drug-likeness (QED) is 0.0327. The fraction of sp³-hybridized carbons (Fsp3) is 0.571. The Kier molecular flexibility index (Phi) is 19.7. The fourth-order valence-corrected chi connectivity index (χ4v) is 5.14. The maximum Gasteiger partial charge on any atom is 0.326 e. The number of carboxylic acids is 1. The Morgan fingerprint density at radius 1 is 0.704 bits per heavy atom. The topological polar surface area (TPSA) is 319 Å². The summed E-state index contributed by atoms with van der Waals surface area (Å²) < 4.78 is 0. The van der Waals surface area contributed by atoms with E-state index in [4.69, 9.17) is 17.2 Å². The standard InChI is InChI=1S/C35H56N10O9/c1-7-19(4)28(34(53)54)45-32(51)25(17-26(36)47)43-29(48)20(5)40-31(50)24(16-22-12-9-8-10-13-22)44-30(49)23(14-11-15-39-35(37)38)42-33(52)27(18(2)3)41-21(6)46/h8-10,12-13,18-20,23-25,27-28H,7,11,14-17H2,1-6H3,(H2,36,47)(H,40,50)(H,41,46)(H,42,52)(H,43,48)(H,44,49)(H,45,51)(H,53,54)(H4,37,38,39)/t19-,20-,23-,24-,25-,27-,28-/m0/s1. The van der Waals surface area contributed by atoms with Crippen LogP contribution in [0.25, 0.3) is 0 Å². The number of aliphatic carboxylic acids is 1. The first-order valence-corrected chi connectivity index (χ1v) is 17.7. The Morgan fingerprint density at radius 3 is 1.78 bits per heavy atom. The molecule has 0 saturated heterocycles. The van der Waals surface area contributed by atoms with Crippen molar-refractivity contribution in [1.82, 2.24) is 31.9 Å². The number of primary amides is 1. The minimum Gasteiger partial charge on any atom is -0.480 e. The molecule has 0 aromatic heterocycles. The molecule has 0 radical (unpaired) electrons. The number of rotatable bonds is 23. The molecular weight excluding hydrogens is 704 g/mol. The largest absolute Gasteiger partial charge is 0.480 e. The van der Waals surface area contributed by atoms with Crippen LogP contribution in [0.15, 0.2) is 35.3 Å². The molecule has 0 bridgehead atoms. The average molecular weight is 761 g/mol. The van der Waals surface area contributed by atoms with E-state index in [2.05, 4.69) is 36.9 Å². The van der Waals surface area contributed by atoms with Crippen LogP contribution in [0.4, 0.5) is 0 Å². The number of carboxylic acid groups (broad SMARTS) is 1. The smallest absolute Gasteiger partial charge is 0.326 e. The molecule has 0 heterocycles. The van der Waals surface area contributed by atoms with Gasteiger partial charge in [0.1, 0.15) is 36.3 Å². The SMILES string of the molecule is CC[C@H](C)[C@H](NC(=O)[C@H](CC(N)=O)NC(=O)[C@H](C)NC(=O)[C@H](Cc1ccccc1)NC(=O)[C@H](CCCN=C(N)N)NC(=O)[C@@H](NC(C)=O)C(C)C)C(=O)O. The number of guanidine groups is 1. The number of aliphatic imine (C=N–C) groups is 1. The lowest BCUT2D eigenvalue weighted by Crippen LogP contribution is -2.60. The number of amides is 7. The number of hydrogen-bond donors (Lipinski definition) is 10. The second kappa shape index (κ2) is 23.0. The Labute approximate surface area is 314 Å². The third-order valence-corrected chi connectivity index (χ3v) is 8.37. The number of carbonyl (C=O) groups is 8. The summed E-state index contributed by atoms with van der Waals surface area (Å²) in [4.78, 5) is 106. The molecule has 0 aliphatic carbocycles. The zero-order valence-corrected chi connectivity index (χ0v) is 31.6. The predicted octanol–water partition coefficient (Wildman–Crippen LogP) is -2.11. The van der Waals surface area contributed by atoms with Crippen molar-refractivity contribution >= 4 is 53.3 Å². The highest BCUT2D eigenvalue weighted by Crippen LogP contribution is 2.10. The van der Waals surface area contributed by atoms with Gasteiger partial charge in [0.05, 0.1) is 6.42 Å². The molecule has 0 unspecified atom stereocenters. The van der Waals surface area contributed by atoms with Crippen LogP contribution in [0.1, 0.15) is 72.8 Å². The van der Waals surface area contributed by atoms with Crippen molar-refractivity contribution < 1.29 is 43.5 Å². The van der Waals surface area contributed by atoms with Gasteiger partial charge in [-0.15, -0.1) is 0 Å². The monoisotopic (exact) mass is 760 g/mol. The van der Waals surface area contributed by atoms with Gasteiger partial charge < -0.3 is 54.2 Å². The van der Waals surface area contributed by atoms with Crippen LogP contribution in [0.2, 0.25) is 0 Å². The third kappa shape index (κ3) is 16.7. The summed E-state index contributed by atoms with van der Waals surface area (Å²) in [5, 5.41) is 24.6. The zero-order valence-electron chi connectivity index (χ0n) is 31.6. The van der Waals surface area contributed by atoms with Gasteiger partial charge in [0.2, 0.25) is 41.4 Å². The summed E-state index contributed by atoms with van der Waals surface area (Å²) in [6, 6.07) is 0.976. The van der Waals surface area contributed by atoms with Gasteiger partial charge in [-0.2, -0.15) is 0 Å². The van der Waals surface area contributed by atoms with E-state index in [1.807, 2.05) is 0 Å². The van der Waals surface area contributed by atoms with Crippen molar-refractivity contribution in [2.45, 2.75) is 110 Å². The number of carbonyl (C=O) groups excluding carboxylic acids is 7. The highest BCUT2D eigenvalue weighted by atomic mass is 16.4. The molecule has 19 heteroatoms. The summed E-state index contributed by atoms with van der Waals surface area (Å²) in [5.41, 5.74) is 16.8. The van der Waals surface area contributed by atoms with Gasteiger partial charge in [-0.05, 0) is 37.2 Å². The zero-order chi connectivity index (χ0) is 41.1. The molecule has 54 heavy (non-hydrogen) atoms. The van der Waals surface area contributed by atoms with Gasteiger partial charge in [0.15, 0.2) is 5.96 Å². The maximum atomic E-state index is 13.8. The summed E-state index contributed by atoms with van der Waals surface area (Å²) in [5.74, 6) is -7.76. The third-order valence-electron chi connectivity index (χ3n) is 8.37. The second-order valence-corrected chi connectivity index (χ2v) is 13.4. The lowest BCUT2D eigenvalue weighted by Gasteiger charge is -2.27. The van der Waals surface area contributed by atoms with E-state index in [9.17, 15) is 43.5 Å². The molecule has 1 aromatic carbocycles. The number of nitrogens with zero attached hydrogens (tertiary/aromatic N) is 1. The molecule has 0 saturated carbocycles. The normalized spacial score (nSPS) is 14.7. The Hall–Kier alpha value is -5.75. The van der Waals surface area contributed by atoms with E-state index in [1.54, 1.807) is 58.0 Å². The molecule has 0 fully saturated rings. The lowest BCUT2D eigenvalue weighted by atomic mass is 9.98. The van der Waals surface area contributed by atoms with Crippen LogP contribution in [-0.2, 0) is 44.8 Å². The molecular formula is C35H56N10O9. The van der Waals surface area contributed by atoms with Crippen molar-refractivity contribution in [3.63, 3.8) is 0 Å². The Bertz CT molecular complexity index is 1500. The van der Waals surface area contributed by atoms with E-state index < -0.39 is 95.9 Å². The van der Waals surface area contributed by atoms with Crippen LogP contribution in [-0.4, -0.2) is 101 Å². The van der Waals surface area contributed by atoms with E-state index in [-0.39, 0.29) is 37.7 Å². The van der Waals surface area contributed by atoms with Crippen LogP contribution >= 0.6 is 0 Å². The van der Waals surface area contributed by atoms with Gasteiger partial charge in [-0.1, -0.05) is 64.4 Å². The predicted molar refractivity (Wildman–Crippen MR) is 199 cm³/mol. The first-order valence-electron chi connectivity index (χ1n) is 17.7. The molecule has 1 rings (SSSR count). The van der Waals surface area contributed by atoms with E-state index >= 15 is 0 Å². The summed E-state index contributed by atoms with van der Waals surface area (Å²) >= 11 is 0. The highest BCUT2D eigenvalue weighted by molar-refractivity contribution is 5.97. The fourth-order valence-electron chi connectivity index (χ4n) is 5.14. The lowest BCUT2D eigenvalue weighted by molar-refractivity contribution is -0.144. The van der Waals surface area contributed by atoms with E-state index in [1.165, 1.54) is 13.8 Å². The molecule has 7 amide bonds. The van der Waals surface area contributed by atoms with Crippen molar-refractivity contribution in [2.24, 2.45) is 34.0 Å². The summed E-state index contributed by atoms with van der Waals surface area (Å²) in [6.07, 6.45) is 0.00385. The first-order chi connectivity index (χ1) is 25.3. The van der Waals surface area contributed by atoms with Crippen LogP contribution < -0.4 is 49.1 Å². The minimum atomic E-state index is -1.56. The minimum absolute atomic E-state index is 0.0408. The van der Waals surface area contributed by atoms with Gasteiger partial charge >= 0.3 is 5.97 Å². The molecule has 1 aromatic rings. The van der Waals surface area contributed by atoms with Gasteiger partial charge in [0.25, 0.3) is 0 Å². The summed E-state index contributed by atoms with van der Waals surface area (Å²) in [6.45, 7) is 9.46. The highest BCUT2D eigenvalue weighted by Gasteiger charge is 2.34. The van der Waals surface area contributed by atoms with Crippen molar-refractivity contribution in [3.8, 4) is 0 Å². The molecule has 0 aliphatic heterocycles. The van der Waals surface area contributed by atoms with Gasteiger partial charge in [-0.3, -0.25) is 38.6 Å². The number of nitrogens with one attached hydrogen (secondary N) is 6. The number of benzene rings is 1. The van der Waals surface area contributed by atoms with Crippen LogP contribution in [0.3, 0.4) is 0 Å². The van der Waals surface area contributed by atoms with Gasteiger partial charge in [-0.25, -0.2) is 4.79 Å². The van der Waals surface area contributed by atoms with E-state index in [0.717, 1.165) is 0 Å². The van der Waals surface area contributed by atoms with Crippen molar-refractivity contribution in [2.75, 3.05) is 6.54 Å². The molecule has 0 spiro atoms. The molecule has 19 nitrogen and oxygen atoms in total. The molecule has 0 aliphatic rings. The van der Waals surface area contributed by atoms with Crippen molar-refractivity contribution in [1.29, 1.82) is 0 Å². The molecule has 300 valence electrons. The second-order valence-electron chi connectivity index (χ2n) is 13.4. The number of nitrogens with two attached hydrogens (primary N) is 3. The van der Waals surface area contributed by atoms with Crippen molar-refractivity contribution in [3.05, 3.63) is 35.9 Å². The van der Waals surface area contributed by atoms with Gasteiger partial charge in [0, 0.05) is 19.9 Å². The number of hydrogen-bond acceptors (Lipinski definition) is 9. The van der Waals surface area contributed by atoms with Crippen LogP contribution in [0.5, 0.6) is 0 Å².